The zero-order chi connectivity index (χ0) is 17.2. The van der Waals surface area contributed by atoms with E-state index >= 15 is 0 Å². The maximum Gasteiger partial charge on any atom is 0.263 e. The van der Waals surface area contributed by atoms with Gasteiger partial charge in [0, 0.05) is 12.1 Å². The maximum atomic E-state index is 5.40. The lowest BCUT2D eigenvalue weighted by atomic mass is 10.1. The number of fused-ring (bicyclic) bond motifs is 1. The second kappa shape index (κ2) is 6.36. The molecule has 2 aromatic carbocycles. The third-order valence-electron chi connectivity index (χ3n) is 4.18. The van der Waals surface area contributed by atoms with Gasteiger partial charge in [0.1, 0.15) is 23.2 Å². The number of benzene rings is 2. The number of anilines is 1. The van der Waals surface area contributed by atoms with E-state index in [1.165, 1.54) is 23.0 Å². The van der Waals surface area contributed by atoms with Crippen LogP contribution in [0.4, 0.5) is 5.82 Å². The minimum Gasteiger partial charge on any atom is -0.365 e. The van der Waals surface area contributed by atoms with Gasteiger partial charge >= 0.3 is 0 Å². The van der Waals surface area contributed by atoms with Crippen molar-refractivity contribution in [3.05, 3.63) is 71.5 Å². The van der Waals surface area contributed by atoms with E-state index in [1.807, 2.05) is 12.1 Å². The molecule has 4 rings (SSSR count). The van der Waals surface area contributed by atoms with Gasteiger partial charge < -0.3 is 9.84 Å². The van der Waals surface area contributed by atoms with Crippen molar-refractivity contribution < 1.29 is 4.52 Å². The van der Waals surface area contributed by atoms with Crippen LogP contribution in [-0.2, 0) is 6.54 Å². The van der Waals surface area contributed by atoms with Gasteiger partial charge in [-0.15, -0.1) is 0 Å². The Morgan fingerprint density at radius 2 is 1.56 bits per heavy atom. The summed E-state index contributed by atoms with van der Waals surface area (Å²) in [6.45, 7) is 4.81. The normalized spacial score (nSPS) is 11.0. The van der Waals surface area contributed by atoms with Crippen molar-refractivity contribution in [1.82, 2.24) is 15.1 Å². The van der Waals surface area contributed by atoms with E-state index in [0.29, 0.717) is 12.3 Å². The van der Waals surface area contributed by atoms with E-state index in [0.717, 1.165) is 22.5 Å². The molecule has 0 saturated heterocycles. The zero-order valence-electron chi connectivity index (χ0n) is 14.2. The predicted molar refractivity (Wildman–Crippen MR) is 98.3 cm³/mol. The summed E-state index contributed by atoms with van der Waals surface area (Å²) in [7, 11) is 0. The second-order valence-corrected chi connectivity index (χ2v) is 6.14. The van der Waals surface area contributed by atoms with Crippen molar-refractivity contribution in [2.75, 3.05) is 5.32 Å². The lowest BCUT2D eigenvalue weighted by molar-refractivity contribution is 0.451. The predicted octanol–water partition coefficient (Wildman–Crippen LogP) is 4.51. The van der Waals surface area contributed by atoms with Crippen LogP contribution in [0.25, 0.3) is 22.4 Å². The lowest BCUT2D eigenvalue weighted by Gasteiger charge is -2.07. The smallest absolute Gasteiger partial charge is 0.263 e. The van der Waals surface area contributed by atoms with E-state index < -0.39 is 0 Å². The van der Waals surface area contributed by atoms with Crippen molar-refractivity contribution in [3.8, 4) is 11.3 Å². The molecule has 0 spiro atoms. The van der Waals surface area contributed by atoms with Crippen molar-refractivity contribution >= 4 is 16.9 Å². The van der Waals surface area contributed by atoms with Crippen LogP contribution >= 0.6 is 0 Å². The summed E-state index contributed by atoms with van der Waals surface area (Å²) in [5.41, 5.74) is 5.85. The van der Waals surface area contributed by atoms with E-state index in [9.17, 15) is 0 Å². The first-order valence-corrected chi connectivity index (χ1v) is 8.17. The first-order valence-electron chi connectivity index (χ1n) is 8.17. The summed E-state index contributed by atoms with van der Waals surface area (Å²) in [5, 5.41) is 8.39. The summed E-state index contributed by atoms with van der Waals surface area (Å²) in [6.07, 6.45) is 1.49. The molecular weight excluding hydrogens is 312 g/mol. The molecule has 0 bridgehead atoms. The first kappa shape index (κ1) is 15.3. The van der Waals surface area contributed by atoms with Gasteiger partial charge in [0.25, 0.3) is 5.71 Å². The Morgan fingerprint density at radius 1 is 0.880 bits per heavy atom. The first-order chi connectivity index (χ1) is 12.2. The molecule has 25 heavy (non-hydrogen) atoms. The van der Waals surface area contributed by atoms with Crippen LogP contribution in [0.1, 0.15) is 16.7 Å². The van der Waals surface area contributed by atoms with Gasteiger partial charge in [-0.1, -0.05) is 64.8 Å². The number of aryl methyl sites for hydroxylation is 2. The Kier molecular flexibility index (Phi) is 3.90. The van der Waals surface area contributed by atoms with Crippen LogP contribution in [-0.4, -0.2) is 15.1 Å². The molecule has 0 aliphatic carbocycles. The van der Waals surface area contributed by atoms with Gasteiger partial charge in [-0.3, -0.25) is 0 Å². The highest BCUT2D eigenvalue weighted by Crippen LogP contribution is 2.31. The minimum absolute atomic E-state index is 0.483. The SMILES string of the molecule is Cc1ccc(CNc2ncnc3onc(-c4ccc(C)cc4)c23)cc1. The molecule has 0 unspecified atom stereocenters. The van der Waals surface area contributed by atoms with E-state index in [-0.39, 0.29) is 0 Å². The van der Waals surface area contributed by atoms with Crippen molar-refractivity contribution in [2.24, 2.45) is 0 Å². The number of hydrogen-bond donors (Lipinski definition) is 1. The van der Waals surface area contributed by atoms with Gasteiger partial charge in [-0.05, 0) is 19.4 Å². The van der Waals surface area contributed by atoms with E-state index in [4.69, 9.17) is 4.52 Å². The average molecular weight is 330 g/mol. The number of hydrogen-bond acceptors (Lipinski definition) is 5. The highest BCUT2D eigenvalue weighted by Gasteiger charge is 2.16. The van der Waals surface area contributed by atoms with Crippen LogP contribution in [0.15, 0.2) is 59.4 Å². The molecule has 0 aliphatic heterocycles. The molecule has 124 valence electrons. The highest BCUT2D eigenvalue weighted by atomic mass is 16.5. The molecule has 5 nitrogen and oxygen atoms in total. The van der Waals surface area contributed by atoms with Crippen LogP contribution in [0, 0.1) is 13.8 Å². The van der Waals surface area contributed by atoms with Gasteiger partial charge in [0.2, 0.25) is 0 Å². The molecular formula is C20H18N4O. The van der Waals surface area contributed by atoms with Gasteiger partial charge in [0.05, 0.1) is 0 Å². The topological polar surface area (TPSA) is 63.8 Å². The lowest BCUT2D eigenvalue weighted by Crippen LogP contribution is -2.02. The molecule has 0 fully saturated rings. The second-order valence-electron chi connectivity index (χ2n) is 6.14. The molecule has 0 amide bonds. The molecule has 2 aromatic heterocycles. The summed E-state index contributed by atoms with van der Waals surface area (Å²) < 4.78 is 5.40. The van der Waals surface area contributed by atoms with Crippen molar-refractivity contribution in [1.29, 1.82) is 0 Å². The minimum atomic E-state index is 0.483. The quantitative estimate of drug-likeness (QED) is 0.596. The van der Waals surface area contributed by atoms with Gasteiger partial charge in [-0.25, -0.2) is 4.98 Å². The van der Waals surface area contributed by atoms with Gasteiger partial charge in [0.15, 0.2) is 0 Å². The van der Waals surface area contributed by atoms with Crippen molar-refractivity contribution in [3.63, 3.8) is 0 Å². The molecule has 5 heteroatoms. The fourth-order valence-corrected chi connectivity index (χ4v) is 2.72. The molecule has 1 N–H and O–H groups in total. The summed E-state index contributed by atoms with van der Waals surface area (Å²) in [4.78, 5) is 8.59. The van der Waals surface area contributed by atoms with Crippen LogP contribution < -0.4 is 5.32 Å². The highest BCUT2D eigenvalue weighted by molar-refractivity contribution is 5.97. The number of rotatable bonds is 4. The summed E-state index contributed by atoms with van der Waals surface area (Å²) >= 11 is 0. The fraction of sp³-hybridized carbons (Fsp3) is 0.150. The monoisotopic (exact) mass is 330 g/mol. The number of nitrogens with zero attached hydrogens (tertiary/aromatic N) is 3. The van der Waals surface area contributed by atoms with Gasteiger partial charge in [-0.2, -0.15) is 4.98 Å². The largest absolute Gasteiger partial charge is 0.365 e. The van der Waals surface area contributed by atoms with Crippen LogP contribution in [0.5, 0.6) is 0 Å². The Hall–Kier alpha value is -3.21. The standard InChI is InChI=1S/C20H18N4O/c1-13-3-7-15(8-4-13)11-21-19-17-18(16-9-5-14(2)6-10-16)24-25-20(17)23-12-22-19/h3-10,12H,11H2,1-2H3,(H,21,22,23). The van der Waals surface area contributed by atoms with Crippen LogP contribution in [0.3, 0.4) is 0 Å². The van der Waals surface area contributed by atoms with E-state index in [1.54, 1.807) is 0 Å². The third-order valence-corrected chi connectivity index (χ3v) is 4.18. The average Bonchev–Trinajstić information content (AvgIpc) is 3.07. The zero-order valence-corrected chi connectivity index (χ0v) is 14.2. The summed E-state index contributed by atoms with van der Waals surface area (Å²) in [6, 6.07) is 16.6. The fourth-order valence-electron chi connectivity index (χ4n) is 2.72. The number of nitrogens with one attached hydrogen (secondary N) is 1. The van der Waals surface area contributed by atoms with E-state index in [2.05, 4.69) is 70.7 Å². The molecule has 2 heterocycles. The number of aromatic nitrogens is 3. The molecule has 0 saturated carbocycles. The molecule has 4 aromatic rings. The Labute approximate surface area is 145 Å². The molecule has 0 aliphatic rings. The Bertz CT molecular complexity index is 1000. The van der Waals surface area contributed by atoms with Crippen molar-refractivity contribution in [2.45, 2.75) is 20.4 Å². The molecule has 0 radical (unpaired) electrons. The maximum absolute atomic E-state index is 5.40. The third kappa shape index (κ3) is 3.08. The Morgan fingerprint density at radius 3 is 2.28 bits per heavy atom. The van der Waals surface area contributed by atoms with Crippen LogP contribution in [0.2, 0.25) is 0 Å². The molecule has 0 atom stereocenters. The Balaban J connectivity index is 1.70. The summed E-state index contributed by atoms with van der Waals surface area (Å²) in [5.74, 6) is 0.724.